The predicted octanol–water partition coefficient (Wildman–Crippen LogP) is 4.30. The molecule has 0 bridgehead atoms. The minimum Gasteiger partial charge on any atom is -0.384 e. The lowest BCUT2D eigenvalue weighted by molar-refractivity contribution is -0.140. The summed E-state index contributed by atoms with van der Waals surface area (Å²) in [6.07, 6.45) is 4.24. The second-order valence-electron chi connectivity index (χ2n) is 7.38. The van der Waals surface area contributed by atoms with Gasteiger partial charge >= 0.3 is 0 Å². The van der Waals surface area contributed by atoms with E-state index in [1.165, 1.54) is 6.92 Å². The number of halogens is 2. The quantitative estimate of drug-likeness (QED) is 0.625. The van der Waals surface area contributed by atoms with E-state index in [1.54, 1.807) is 17.3 Å². The molecule has 3 aromatic rings. The van der Waals surface area contributed by atoms with Crippen molar-refractivity contribution in [3.05, 3.63) is 59.5 Å². The van der Waals surface area contributed by atoms with Crippen LogP contribution in [0.4, 0.5) is 0 Å². The number of nitrogens with zero attached hydrogens (tertiary/aromatic N) is 3. The van der Waals surface area contributed by atoms with Crippen LogP contribution in [0.25, 0.3) is 22.4 Å². The van der Waals surface area contributed by atoms with Gasteiger partial charge in [-0.3, -0.25) is 14.9 Å². The smallest absolute Gasteiger partial charge is 0.251 e. The number of aliphatic hydroxyl groups is 1. The van der Waals surface area contributed by atoms with Crippen molar-refractivity contribution in [1.29, 1.82) is 0 Å². The van der Waals surface area contributed by atoms with E-state index in [2.05, 4.69) is 15.2 Å². The van der Waals surface area contributed by atoms with Gasteiger partial charge in [0.25, 0.3) is 5.91 Å². The largest absolute Gasteiger partial charge is 0.384 e. The normalized spacial score (nSPS) is 15.5. The molecule has 1 aliphatic rings. The van der Waals surface area contributed by atoms with Crippen molar-refractivity contribution in [1.82, 2.24) is 20.1 Å². The van der Waals surface area contributed by atoms with Crippen molar-refractivity contribution in [2.75, 3.05) is 13.1 Å². The maximum absolute atomic E-state index is 12.1. The molecule has 30 heavy (non-hydrogen) atoms. The number of rotatable bonds is 4. The Balaban J connectivity index is 0.00000256. The summed E-state index contributed by atoms with van der Waals surface area (Å²) in [5.74, 6) is 0.0500. The van der Waals surface area contributed by atoms with Gasteiger partial charge in [0.05, 0.1) is 0 Å². The van der Waals surface area contributed by atoms with E-state index in [4.69, 9.17) is 11.6 Å². The maximum Gasteiger partial charge on any atom is 0.251 e. The van der Waals surface area contributed by atoms with Gasteiger partial charge in [0.1, 0.15) is 11.8 Å². The van der Waals surface area contributed by atoms with Crippen LogP contribution in [0, 0.1) is 0 Å². The predicted molar refractivity (Wildman–Crippen MR) is 120 cm³/mol. The van der Waals surface area contributed by atoms with E-state index in [0.29, 0.717) is 18.1 Å². The number of likely N-dealkylation sites (tertiary alicyclic amines) is 1. The molecule has 0 aliphatic carbocycles. The molecular weight excluding hydrogens is 423 g/mol. The Morgan fingerprint density at radius 1 is 1.13 bits per heavy atom. The number of hydrogen-bond acceptors (Lipinski definition) is 4. The third-order valence-electron chi connectivity index (χ3n) is 5.45. The van der Waals surface area contributed by atoms with Crippen molar-refractivity contribution in [3.8, 4) is 22.4 Å². The van der Waals surface area contributed by atoms with Crippen LogP contribution in [-0.4, -0.2) is 50.3 Å². The topological polar surface area (TPSA) is 82.1 Å². The lowest BCUT2D eigenvalue weighted by atomic mass is 9.87. The number of nitrogens with one attached hydrogen (secondary N) is 1. The molecule has 1 atom stereocenters. The van der Waals surface area contributed by atoms with Crippen LogP contribution in [0.3, 0.4) is 0 Å². The highest BCUT2D eigenvalue weighted by Crippen LogP contribution is 2.39. The van der Waals surface area contributed by atoms with Crippen LogP contribution < -0.4 is 0 Å². The highest BCUT2D eigenvalue weighted by Gasteiger charge is 2.29. The molecule has 1 fully saturated rings. The SMILES string of the molecule is C[C@H](O)C(=O)N1CCC(c2[nH]nc(-c3ccc(Cl)cc3)c2-c2ccncc2)CC1.Cl. The molecule has 8 heteroatoms. The Labute approximate surface area is 186 Å². The molecule has 0 unspecified atom stereocenters. The zero-order valence-corrected chi connectivity index (χ0v) is 18.2. The number of benzene rings is 1. The van der Waals surface area contributed by atoms with E-state index >= 15 is 0 Å². The van der Waals surface area contributed by atoms with Crippen molar-refractivity contribution < 1.29 is 9.90 Å². The number of aromatic nitrogens is 3. The first-order valence-electron chi connectivity index (χ1n) is 9.76. The zero-order chi connectivity index (χ0) is 20.4. The highest BCUT2D eigenvalue weighted by atomic mass is 35.5. The molecular formula is C22H24Cl2N4O2. The summed E-state index contributed by atoms with van der Waals surface area (Å²) in [5.41, 5.74) is 5.06. The summed E-state index contributed by atoms with van der Waals surface area (Å²) >= 11 is 6.06. The number of pyridine rings is 1. The fraction of sp³-hybridized carbons (Fsp3) is 0.318. The number of H-pyrrole nitrogens is 1. The molecule has 0 saturated carbocycles. The van der Waals surface area contributed by atoms with Gasteiger partial charge in [-0.15, -0.1) is 12.4 Å². The van der Waals surface area contributed by atoms with Gasteiger partial charge in [0.15, 0.2) is 0 Å². The average Bonchev–Trinajstić information content (AvgIpc) is 3.19. The molecule has 0 radical (unpaired) electrons. The molecule has 158 valence electrons. The van der Waals surface area contributed by atoms with Crippen LogP contribution in [0.2, 0.25) is 5.02 Å². The Morgan fingerprint density at radius 3 is 2.37 bits per heavy atom. The van der Waals surface area contributed by atoms with Gasteiger partial charge in [-0.05, 0) is 49.6 Å². The lowest BCUT2D eigenvalue weighted by Crippen LogP contribution is -2.42. The van der Waals surface area contributed by atoms with Crippen LogP contribution in [0.1, 0.15) is 31.4 Å². The lowest BCUT2D eigenvalue weighted by Gasteiger charge is -2.32. The number of aliphatic hydroxyl groups excluding tert-OH is 1. The molecule has 1 aromatic carbocycles. The second kappa shape index (κ2) is 9.60. The van der Waals surface area contributed by atoms with Gasteiger partial charge in [-0.25, -0.2) is 0 Å². The van der Waals surface area contributed by atoms with E-state index in [0.717, 1.165) is 40.9 Å². The summed E-state index contributed by atoms with van der Waals surface area (Å²) < 4.78 is 0. The molecule has 2 N–H and O–H groups in total. The first kappa shape index (κ1) is 22.3. The summed E-state index contributed by atoms with van der Waals surface area (Å²) in [6.45, 7) is 2.77. The number of carbonyl (C=O) groups excluding carboxylic acids is 1. The van der Waals surface area contributed by atoms with Crippen LogP contribution >= 0.6 is 24.0 Å². The summed E-state index contributed by atoms with van der Waals surface area (Å²) in [4.78, 5) is 18.0. The molecule has 2 aromatic heterocycles. The number of aromatic amines is 1. The van der Waals surface area contributed by atoms with Gasteiger partial charge in [-0.1, -0.05) is 23.7 Å². The van der Waals surface area contributed by atoms with Crippen LogP contribution in [-0.2, 0) is 4.79 Å². The standard InChI is InChI=1S/C22H23ClN4O2.ClH/c1-14(28)22(29)27-12-8-17(9-13-27)21-19(15-6-10-24-11-7-15)20(25-26-21)16-2-4-18(23)5-3-16;/h2-7,10-11,14,17,28H,8-9,12-13H2,1H3,(H,25,26);1H/t14-;/m0./s1. The fourth-order valence-corrected chi connectivity index (χ4v) is 4.06. The van der Waals surface area contributed by atoms with Crippen molar-refractivity contribution >= 4 is 29.9 Å². The van der Waals surface area contributed by atoms with Crippen LogP contribution in [0.15, 0.2) is 48.8 Å². The van der Waals surface area contributed by atoms with Crippen molar-refractivity contribution in [2.45, 2.75) is 31.8 Å². The van der Waals surface area contributed by atoms with Gasteiger partial charge in [0, 0.05) is 53.2 Å². The average molecular weight is 447 g/mol. The number of piperidine rings is 1. The molecule has 4 rings (SSSR count). The maximum atomic E-state index is 12.1. The van der Waals surface area contributed by atoms with Crippen LogP contribution in [0.5, 0.6) is 0 Å². The molecule has 1 saturated heterocycles. The monoisotopic (exact) mass is 446 g/mol. The number of hydrogen-bond donors (Lipinski definition) is 2. The Morgan fingerprint density at radius 2 is 1.77 bits per heavy atom. The summed E-state index contributed by atoms with van der Waals surface area (Å²) in [5, 5.41) is 18.2. The Bertz CT molecular complexity index is 982. The van der Waals surface area contributed by atoms with Crippen molar-refractivity contribution in [3.63, 3.8) is 0 Å². The first-order chi connectivity index (χ1) is 14.0. The van der Waals surface area contributed by atoms with E-state index in [-0.39, 0.29) is 24.2 Å². The van der Waals surface area contributed by atoms with E-state index < -0.39 is 6.10 Å². The van der Waals surface area contributed by atoms with Gasteiger partial charge in [0.2, 0.25) is 0 Å². The fourth-order valence-electron chi connectivity index (χ4n) is 3.93. The summed E-state index contributed by atoms with van der Waals surface area (Å²) in [6, 6.07) is 11.6. The van der Waals surface area contributed by atoms with E-state index in [9.17, 15) is 9.90 Å². The van der Waals surface area contributed by atoms with E-state index in [1.807, 2.05) is 36.4 Å². The molecule has 6 nitrogen and oxygen atoms in total. The third-order valence-corrected chi connectivity index (χ3v) is 5.71. The number of amides is 1. The first-order valence-corrected chi connectivity index (χ1v) is 10.1. The summed E-state index contributed by atoms with van der Waals surface area (Å²) in [7, 11) is 0. The highest BCUT2D eigenvalue weighted by molar-refractivity contribution is 6.30. The minimum absolute atomic E-state index is 0. The minimum atomic E-state index is -0.956. The number of carbonyl (C=O) groups is 1. The van der Waals surface area contributed by atoms with Gasteiger partial charge in [-0.2, -0.15) is 5.10 Å². The zero-order valence-electron chi connectivity index (χ0n) is 16.6. The van der Waals surface area contributed by atoms with Crippen molar-refractivity contribution in [2.24, 2.45) is 0 Å². The second-order valence-corrected chi connectivity index (χ2v) is 7.82. The van der Waals surface area contributed by atoms with Gasteiger partial charge < -0.3 is 10.0 Å². The Hall–Kier alpha value is -2.41. The Kier molecular flexibility index (Phi) is 7.13. The molecule has 1 amide bonds. The molecule has 3 heterocycles. The molecule has 0 spiro atoms. The molecule has 1 aliphatic heterocycles. The third kappa shape index (κ3) is 4.51.